The van der Waals surface area contributed by atoms with Gasteiger partial charge in [-0.2, -0.15) is 0 Å². The van der Waals surface area contributed by atoms with Crippen LogP contribution in [0.1, 0.15) is 51.9 Å². The standard InChI is InChI=1S/C18H26O5/c1-3-4-5-6-14-22-17(19)8-7-9-18(20)23-16-12-10-15(21-2)11-13-16/h10-13H,3-9,14H2,1-2H3. The van der Waals surface area contributed by atoms with Crippen LogP contribution in [0.5, 0.6) is 11.5 Å². The van der Waals surface area contributed by atoms with Gasteiger partial charge < -0.3 is 14.2 Å². The summed E-state index contributed by atoms with van der Waals surface area (Å²) in [6, 6.07) is 6.78. The van der Waals surface area contributed by atoms with E-state index in [0.717, 1.165) is 25.7 Å². The Morgan fingerprint density at radius 3 is 2.17 bits per heavy atom. The average Bonchev–Trinajstić information content (AvgIpc) is 2.55. The predicted octanol–water partition coefficient (Wildman–Crippen LogP) is 3.89. The van der Waals surface area contributed by atoms with Crippen LogP contribution in [0, 0.1) is 0 Å². The van der Waals surface area contributed by atoms with Gasteiger partial charge in [0.25, 0.3) is 0 Å². The second kappa shape index (κ2) is 11.5. The van der Waals surface area contributed by atoms with Crippen molar-refractivity contribution in [3.8, 4) is 11.5 Å². The molecular weight excluding hydrogens is 296 g/mol. The minimum Gasteiger partial charge on any atom is -0.497 e. The molecule has 128 valence electrons. The number of ether oxygens (including phenoxy) is 3. The number of esters is 2. The van der Waals surface area contributed by atoms with Gasteiger partial charge in [0.15, 0.2) is 0 Å². The Hall–Kier alpha value is -2.04. The summed E-state index contributed by atoms with van der Waals surface area (Å²) in [7, 11) is 1.57. The van der Waals surface area contributed by atoms with E-state index in [-0.39, 0.29) is 24.8 Å². The summed E-state index contributed by atoms with van der Waals surface area (Å²) in [6.45, 7) is 2.60. The topological polar surface area (TPSA) is 61.8 Å². The normalized spacial score (nSPS) is 10.2. The number of carbonyl (C=O) groups is 2. The zero-order valence-corrected chi connectivity index (χ0v) is 14.0. The van der Waals surface area contributed by atoms with Crippen LogP contribution in [0.25, 0.3) is 0 Å². The summed E-state index contributed by atoms with van der Waals surface area (Å²) in [5.74, 6) is 0.561. The maximum absolute atomic E-state index is 11.7. The van der Waals surface area contributed by atoms with E-state index >= 15 is 0 Å². The molecule has 0 spiro atoms. The Kier molecular flexibility index (Phi) is 9.52. The van der Waals surface area contributed by atoms with Crippen molar-refractivity contribution in [2.75, 3.05) is 13.7 Å². The first-order valence-electron chi connectivity index (χ1n) is 8.16. The molecular formula is C18H26O5. The molecule has 1 rings (SSSR count). The first kappa shape index (κ1) is 19.0. The quantitative estimate of drug-likeness (QED) is 0.351. The Balaban J connectivity index is 2.12. The summed E-state index contributed by atoms with van der Waals surface area (Å²) in [5.41, 5.74) is 0. The van der Waals surface area contributed by atoms with Crippen LogP contribution in [0.15, 0.2) is 24.3 Å². The third-order valence-electron chi connectivity index (χ3n) is 3.31. The molecule has 0 aliphatic carbocycles. The number of methoxy groups -OCH3 is 1. The number of carbonyl (C=O) groups excluding carboxylic acids is 2. The fraction of sp³-hybridized carbons (Fsp3) is 0.556. The molecule has 1 aromatic rings. The zero-order chi connectivity index (χ0) is 16.9. The molecule has 0 amide bonds. The maximum Gasteiger partial charge on any atom is 0.311 e. The summed E-state index contributed by atoms with van der Waals surface area (Å²) in [5, 5.41) is 0. The molecule has 0 saturated heterocycles. The zero-order valence-electron chi connectivity index (χ0n) is 14.0. The number of hydrogen-bond donors (Lipinski definition) is 0. The fourth-order valence-electron chi connectivity index (χ4n) is 1.99. The van der Waals surface area contributed by atoms with Gasteiger partial charge >= 0.3 is 11.9 Å². The van der Waals surface area contributed by atoms with Gasteiger partial charge in [0.05, 0.1) is 13.7 Å². The number of benzene rings is 1. The van der Waals surface area contributed by atoms with Gasteiger partial charge in [0.1, 0.15) is 11.5 Å². The largest absolute Gasteiger partial charge is 0.497 e. The smallest absolute Gasteiger partial charge is 0.311 e. The van der Waals surface area contributed by atoms with Crippen molar-refractivity contribution < 1.29 is 23.8 Å². The molecule has 0 atom stereocenters. The monoisotopic (exact) mass is 322 g/mol. The van der Waals surface area contributed by atoms with Gasteiger partial charge in [-0.15, -0.1) is 0 Å². The van der Waals surface area contributed by atoms with E-state index in [1.165, 1.54) is 0 Å². The van der Waals surface area contributed by atoms with E-state index in [4.69, 9.17) is 14.2 Å². The third-order valence-corrected chi connectivity index (χ3v) is 3.31. The highest BCUT2D eigenvalue weighted by Crippen LogP contribution is 2.17. The lowest BCUT2D eigenvalue weighted by Gasteiger charge is -2.06. The van der Waals surface area contributed by atoms with Crippen LogP contribution in [0.2, 0.25) is 0 Å². The van der Waals surface area contributed by atoms with E-state index < -0.39 is 0 Å². The minimum atomic E-state index is -0.356. The molecule has 23 heavy (non-hydrogen) atoms. The third kappa shape index (κ3) is 8.86. The van der Waals surface area contributed by atoms with E-state index in [9.17, 15) is 9.59 Å². The molecule has 0 bridgehead atoms. The number of hydrogen-bond acceptors (Lipinski definition) is 5. The molecule has 0 saturated carbocycles. The SMILES string of the molecule is CCCCCCOC(=O)CCCC(=O)Oc1ccc(OC)cc1. The van der Waals surface area contributed by atoms with Crippen LogP contribution in [0.4, 0.5) is 0 Å². The van der Waals surface area contributed by atoms with Crippen molar-refractivity contribution in [2.24, 2.45) is 0 Å². The van der Waals surface area contributed by atoms with Crippen molar-refractivity contribution >= 4 is 11.9 Å². The molecule has 0 fully saturated rings. The van der Waals surface area contributed by atoms with Crippen molar-refractivity contribution in [2.45, 2.75) is 51.9 Å². The average molecular weight is 322 g/mol. The number of unbranched alkanes of at least 4 members (excludes halogenated alkanes) is 3. The molecule has 0 N–H and O–H groups in total. The molecule has 5 nitrogen and oxygen atoms in total. The highest BCUT2D eigenvalue weighted by Gasteiger charge is 2.08. The minimum absolute atomic E-state index is 0.191. The van der Waals surface area contributed by atoms with Crippen LogP contribution >= 0.6 is 0 Å². The van der Waals surface area contributed by atoms with Crippen molar-refractivity contribution in [3.05, 3.63) is 24.3 Å². The van der Waals surface area contributed by atoms with Crippen LogP contribution < -0.4 is 9.47 Å². The van der Waals surface area contributed by atoms with Gasteiger partial charge in [-0.3, -0.25) is 9.59 Å². The van der Waals surface area contributed by atoms with Crippen LogP contribution in [-0.4, -0.2) is 25.7 Å². The second-order valence-corrected chi connectivity index (χ2v) is 5.28. The van der Waals surface area contributed by atoms with E-state index in [2.05, 4.69) is 6.92 Å². The lowest BCUT2D eigenvalue weighted by Crippen LogP contribution is -2.10. The lowest BCUT2D eigenvalue weighted by atomic mass is 10.2. The van der Waals surface area contributed by atoms with Crippen LogP contribution in [-0.2, 0) is 14.3 Å². The molecule has 0 aliphatic rings. The summed E-state index contributed by atoms with van der Waals surface area (Å²) in [4.78, 5) is 23.2. The molecule has 0 heterocycles. The van der Waals surface area contributed by atoms with Gasteiger partial charge in [0, 0.05) is 12.8 Å². The van der Waals surface area contributed by atoms with E-state index in [0.29, 0.717) is 24.5 Å². The maximum atomic E-state index is 11.7. The number of rotatable bonds is 11. The summed E-state index contributed by atoms with van der Waals surface area (Å²) in [6.07, 6.45) is 5.17. The Morgan fingerprint density at radius 2 is 1.52 bits per heavy atom. The van der Waals surface area contributed by atoms with E-state index in [1.807, 2.05) is 0 Å². The lowest BCUT2D eigenvalue weighted by molar-refractivity contribution is -0.144. The molecule has 0 aliphatic heterocycles. The van der Waals surface area contributed by atoms with Crippen molar-refractivity contribution in [1.82, 2.24) is 0 Å². The molecule has 0 aromatic heterocycles. The summed E-state index contributed by atoms with van der Waals surface area (Å²) < 4.78 is 15.3. The summed E-state index contributed by atoms with van der Waals surface area (Å²) >= 11 is 0. The first-order valence-corrected chi connectivity index (χ1v) is 8.16. The Bertz CT molecular complexity index is 467. The Labute approximate surface area is 137 Å². The molecule has 0 unspecified atom stereocenters. The molecule has 1 aromatic carbocycles. The molecule has 0 radical (unpaired) electrons. The van der Waals surface area contributed by atoms with Gasteiger partial charge in [-0.25, -0.2) is 0 Å². The van der Waals surface area contributed by atoms with Gasteiger partial charge in [0.2, 0.25) is 0 Å². The first-order chi connectivity index (χ1) is 11.2. The van der Waals surface area contributed by atoms with Crippen molar-refractivity contribution in [1.29, 1.82) is 0 Å². The highest BCUT2D eigenvalue weighted by atomic mass is 16.5. The fourth-order valence-corrected chi connectivity index (χ4v) is 1.99. The van der Waals surface area contributed by atoms with Crippen molar-refractivity contribution in [3.63, 3.8) is 0 Å². The predicted molar refractivity (Wildman–Crippen MR) is 87.6 cm³/mol. The van der Waals surface area contributed by atoms with Gasteiger partial charge in [-0.05, 0) is 37.1 Å². The Morgan fingerprint density at radius 1 is 0.870 bits per heavy atom. The van der Waals surface area contributed by atoms with Gasteiger partial charge in [-0.1, -0.05) is 26.2 Å². The second-order valence-electron chi connectivity index (χ2n) is 5.28. The highest BCUT2D eigenvalue weighted by molar-refractivity contribution is 5.74. The van der Waals surface area contributed by atoms with Crippen LogP contribution in [0.3, 0.4) is 0 Å². The van der Waals surface area contributed by atoms with E-state index in [1.54, 1.807) is 31.4 Å². The molecule has 5 heteroatoms.